The minimum atomic E-state index is 0.342. The summed E-state index contributed by atoms with van der Waals surface area (Å²) >= 11 is 0. The van der Waals surface area contributed by atoms with Crippen molar-refractivity contribution in [3.8, 4) is 0 Å². The van der Waals surface area contributed by atoms with Gasteiger partial charge in [0.1, 0.15) is 11.6 Å². The maximum absolute atomic E-state index is 11.0. The van der Waals surface area contributed by atoms with Gasteiger partial charge in [0.2, 0.25) is 0 Å². The molecule has 1 fully saturated rings. The Morgan fingerprint density at radius 2 is 2.46 bits per heavy atom. The maximum Gasteiger partial charge on any atom is 0.148 e. The topological polar surface area (TPSA) is 38.1 Å². The SMILES string of the molecule is Cn1ccnc1CN1CCC(=O)C1. The summed E-state index contributed by atoms with van der Waals surface area (Å²) in [6.45, 7) is 2.26. The Morgan fingerprint density at radius 1 is 1.62 bits per heavy atom. The predicted molar refractivity (Wildman–Crippen MR) is 48.1 cm³/mol. The maximum atomic E-state index is 11.0. The number of carbonyl (C=O) groups is 1. The van der Waals surface area contributed by atoms with E-state index in [0.717, 1.165) is 18.9 Å². The van der Waals surface area contributed by atoms with Crippen LogP contribution in [0.5, 0.6) is 0 Å². The van der Waals surface area contributed by atoms with Gasteiger partial charge in [-0.25, -0.2) is 4.98 Å². The molecule has 0 aliphatic carbocycles. The van der Waals surface area contributed by atoms with Crippen molar-refractivity contribution in [1.82, 2.24) is 14.5 Å². The first-order valence-electron chi connectivity index (χ1n) is 4.46. The minimum Gasteiger partial charge on any atom is -0.337 e. The number of aryl methyl sites for hydroxylation is 1. The quantitative estimate of drug-likeness (QED) is 0.650. The number of Topliss-reactive ketones (excluding diaryl/α,β-unsaturated/α-hetero) is 1. The zero-order valence-electron chi connectivity index (χ0n) is 7.73. The molecule has 0 unspecified atom stereocenters. The van der Waals surface area contributed by atoms with Gasteiger partial charge in [-0.1, -0.05) is 0 Å². The van der Waals surface area contributed by atoms with Gasteiger partial charge >= 0.3 is 0 Å². The molecule has 0 atom stereocenters. The monoisotopic (exact) mass is 179 g/mol. The van der Waals surface area contributed by atoms with Crippen LogP contribution in [0.1, 0.15) is 12.2 Å². The summed E-state index contributed by atoms with van der Waals surface area (Å²) in [6.07, 6.45) is 4.41. The average Bonchev–Trinajstić information content (AvgIpc) is 2.64. The van der Waals surface area contributed by atoms with Gasteiger partial charge < -0.3 is 4.57 Å². The van der Waals surface area contributed by atoms with Crippen molar-refractivity contribution in [2.45, 2.75) is 13.0 Å². The van der Waals surface area contributed by atoms with Gasteiger partial charge in [0.15, 0.2) is 0 Å². The lowest BCUT2D eigenvalue weighted by atomic mass is 10.4. The van der Waals surface area contributed by atoms with Crippen LogP contribution >= 0.6 is 0 Å². The van der Waals surface area contributed by atoms with Crippen LogP contribution in [0, 0.1) is 0 Å². The number of carbonyl (C=O) groups excluding carboxylic acids is 1. The van der Waals surface area contributed by atoms with Crippen molar-refractivity contribution in [2.24, 2.45) is 7.05 Å². The molecule has 0 radical (unpaired) electrons. The largest absolute Gasteiger partial charge is 0.337 e. The van der Waals surface area contributed by atoms with Gasteiger partial charge in [-0.3, -0.25) is 9.69 Å². The lowest BCUT2D eigenvalue weighted by molar-refractivity contribution is -0.116. The first-order chi connectivity index (χ1) is 6.25. The first kappa shape index (κ1) is 8.44. The fraction of sp³-hybridized carbons (Fsp3) is 0.556. The van der Waals surface area contributed by atoms with Crippen LogP contribution in [-0.2, 0) is 18.4 Å². The lowest BCUT2D eigenvalue weighted by Gasteiger charge is -2.12. The van der Waals surface area contributed by atoms with Crippen molar-refractivity contribution in [1.29, 1.82) is 0 Å². The normalized spacial score (nSPS) is 18.4. The summed E-state index contributed by atoms with van der Waals surface area (Å²) < 4.78 is 1.99. The molecular weight excluding hydrogens is 166 g/mol. The molecule has 13 heavy (non-hydrogen) atoms. The molecule has 0 aromatic carbocycles. The third kappa shape index (κ3) is 1.78. The van der Waals surface area contributed by atoms with Crippen LogP contribution in [0.3, 0.4) is 0 Å². The molecule has 2 rings (SSSR count). The van der Waals surface area contributed by atoms with Crippen LogP contribution in [0.15, 0.2) is 12.4 Å². The van der Waals surface area contributed by atoms with E-state index < -0.39 is 0 Å². The summed E-state index contributed by atoms with van der Waals surface area (Å²) in [5.74, 6) is 1.36. The molecule has 4 nitrogen and oxygen atoms in total. The number of likely N-dealkylation sites (tertiary alicyclic amines) is 1. The van der Waals surface area contributed by atoms with Crippen LogP contribution < -0.4 is 0 Å². The number of hydrogen-bond acceptors (Lipinski definition) is 3. The summed E-state index contributed by atoms with van der Waals surface area (Å²) in [6, 6.07) is 0. The van der Waals surface area contributed by atoms with E-state index in [9.17, 15) is 4.79 Å². The van der Waals surface area contributed by atoms with Crippen molar-refractivity contribution in [3.05, 3.63) is 18.2 Å². The van der Waals surface area contributed by atoms with Crippen LogP contribution in [0.25, 0.3) is 0 Å². The molecule has 0 spiro atoms. The number of rotatable bonds is 2. The van der Waals surface area contributed by atoms with Crippen molar-refractivity contribution in [3.63, 3.8) is 0 Å². The number of imidazole rings is 1. The standard InChI is InChI=1S/C9H13N3O/c1-11-5-3-10-9(11)7-12-4-2-8(13)6-12/h3,5H,2,4,6-7H2,1H3. The second kappa shape index (κ2) is 3.30. The first-order valence-corrected chi connectivity index (χ1v) is 4.46. The Labute approximate surface area is 77.2 Å². The molecule has 1 aromatic rings. The predicted octanol–water partition coefficient (Wildman–Crippen LogP) is 0.195. The van der Waals surface area contributed by atoms with Crippen LogP contribution in [0.2, 0.25) is 0 Å². The molecule has 0 bridgehead atoms. The Balaban J connectivity index is 1.99. The molecule has 1 aromatic heterocycles. The van der Waals surface area contributed by atoms with E-state index in [1.165, 1.54) is 0 Å². The van der Waals surface area contributed by atoms with Gasteiger partial charge in [-0.2, -0.15) is 0 Å². The van der Waals surface area contributed by atoms with Crippen LogP contribution in [-0.4, -0.2) is 33.3 Å². The number of hydrogen-bond donors (Lipinski definition) is 0. The summed E-state index contributed by atoms with van der Waals surface area (Å²) in [5.41, 5.74) is 0. The van der Waals surface area contributed by atoms with E-state index in [0.29, 0.717) is 18.7 Å². The van der Waals surface area contributed by atoms with E-state index in [4.69, 9.17) is 0 Å². The molecule has 2 heterocycles. The van der Waals surface area contributed by atoms with Crippen molar-refractivity contribution < 1.29 is 4.79 Å². The molecule has 70 valence electrons. The molecule has 1 aliphatic heterocycles. The minimum absolute atomic E-state index is 0.342. The van der Waals surface area contributed by atoms with Gasteiger partial charge in [-0.05, 0) is 0 Å². The molecule has 0 N–H and O–H groups in total. The Bertz CT molecular complexity index is 318. The summed E-state index contributed by atoms with van der Waals surface area (Å²) in [5, 5.41) is 0. The van der Waals surface area contributed by atoms with Crippen molar-refractivity contribution in [2.75, 3.05) is 13.1 Å². The zero-order chi connectivity index (χ0) is 9.26. The van der Waals surface area contributed by atoms with Gasteiger partial charge in [0.05, 0.1) is 13.1 Å². The Hall–Kier alpha value is -1.16. The summed E-state index contributed by atoms with van der Waals surface area (Å²) in [7, 11) is 1.97. The zero-order valence-corrected chi connectivity index (χ0v) is 7.73. The Kier molecular flexibility index (Phi) is 2.14. The molecular formula is C9H13N3O. The third-order valence-corrected chi connectivity index (χ3v) is 2.39. The van der Waals surface area contributed by atoms with E-state index in [1.807, 2.05) is 17.8 Å². The number of nitrogens with zero attached hydrogens (tertiary/aromatic N) is 3. The number of aromatic nitrogens is 2. The van der Waals surface area contributed by atoms with E-state index in [2.05, 4.69) is 9.88 Å². The van der Waals surface area contributed by atoms with Gasteiger partial charge in [0, 0.05) is 32.4 Å². The van der Waals surface area contributed by atoms with Gasteiger partial charge in [-0.15, -0.1) is 0 Å². The molecule has 0 amide bonds. The molecule has 4 heteroatoms. The smallest absolute Gasteiger partial charge is 0.148 e. The highest BCUT2D eigenvalue weighted by Gasteiger charge is 2.19. The lowest BCUT2D eigenvalue weighted by Crippen LogP contribution is -2.21. The van der Waals surface area contributed by atoms with Gasteiger partial charge in [0.25, 0.3) is 0 Å². The molecule has 1 aliphatic rings. The number of ketones is 1. The van der Waals surface area contributed by atoms with E-state index in [-0.39, 0.29) is 0 Å². The van der Waals surface area contributed by atoms with Crippen molar-refractivity contribution >= 4 is 5.78 Å². The molecule has 0 saturated carbocycles. The fourth-order valence-electron chi connectivity index (χ4n) is 1.57. The molecule has 1 saturated heterocycles. The highest BCUT2D eigenvalue weighted by Crippen LogP contribution is 2.08. The highest BCUT2D eigenvalue weighted by molar-refractivity contribution is 5.82. The average molecular weight is 179 g/mol. The summed E-state index contributed by atoms with van der Waals surface area (Å²) in [4.78, 5) is 17.3. The second-order valence-corrected chi connectivity index (χ2v) is 3.45. The van der Waals surface area contributed by atoms with E-state index >= 15 is 0 Å². The second-order valence-electron chi connectivity index (χ2n) is 3.45. The highest BCUT2D eigenvalue weighted by atomic mass is 16.1. The Morgan fingerprint density at radius 3 is 3.00 bits per heavy atom. The van der Waals surface area contributed by atoms with Crippen LogP contribution in [0.4, 0.5) is 0 Å². The third-order valence-electron chi connectivity index (χ3n) is 2.39. The van der Waals surface area contributed by atoms with E-state index in [1.54, 1.807) is 6.20 Å². The fourth-order valence-corrected chi connectivity index (χ4v) is 1.57.